The number of esters is 1. The van der Waals surface area contributed by atoms with E-state index in [1.54, 1.807) is 18.2 Å². The maximum absolute atomic E-state index is 11.7. The van der Waals surface area contributed by atoms with E-state index in [4.69, 9.17) is 4.74 Å². The third-order valence-corrected chi connectivity index (χ3v) is 3.52. The maximum Gasteiger partial charge on any atom is 0.331 e. The number of carbonyl (C=O) groups is 1. The third-order valence-electron chi connectivity index (χ3n) is 3.52. The monoisotopic (exact) mass is 357 g/mol. The Bertz CT molecular complexity index is 753. The summed E-state index contributed by atoms with van der Waals surface area (Å²) in [7, 11) is 0. The van der Waals surface area contributed by atoms with Crippen LogP contribution in [-0.2, 0) is 27.4 Å². The molecule has 2 aromatic rings. The zero-order valence-corrected chi connectivity index (χ0v) is 14.0. The molecule has 0 radical (unpaired) electrons. The van der Waals surface area contributed by atoms with Gasteiger partial charge in [0.2, 0.25) is 0 Å². The van der Waals surface area contributed by atoms with Crippen molar-refractivity contribution < 1.29 is 24.6 Å². The summed E-state index contributed by atoms with van der Waals surface area (Å²) < 4.78 is 5.17. The van der Waals surface area contributed by atoms with Crippen LogP contribution in [0.4, 0.5) is 0 Å². The van der Waals surface area contributed by atoms with E-state index in [0.717, 1.165) is 16.7 Å². The van der Waals surface area contributed by atoms with Crippen molar-refractivity contribution >= 4 is 12.0 Å². The second-order valence-electron chi connectivity index (χ2n) is 5.51. The number of carbonyl (C=O) groups excluding carboxylic acids is 1. The van der Waals surface area contributed by atoms with E-state index in [1.165, 1.54) is 18.2 Å². The molecule has 0 atom stereocenters. The fourth-order valence-electron chi connectivity index (χ4n) is 2.17. The van der Waals surface area contributed by atoms with E-state index in [2.05, 4.69) is 4.84 Å². The SMILES string of the molecule is O=C(C=Cc1ccc(O)cc1)OCc1ccc(CCCO[N+](=O)[O-])cc1. The van der Waals surface area contributed by atoms with E-state index in [0.29, 0.717) is 12.8 Å². The van der Waals surface area contributed by atoms with Crippen molar-refractivity contribution in [2.24, 2.45) is 0 Å². The number of rotatable bonds is 9. The van der Waals surface area contributed by atoms with Crippen LogP contribution in [0.1, 0.15) is 23.1 Å². The van der Waals surface area contributed by atoms with E-state index >= 15 is 0 Å². The van der Waals surface area contributed by atoms with Crippen molar-refractivity contribution in [1.29, 1.82) is 0 Å². The molecule has 0 aliphatic rings. The maximum atomic E-state index is 11.7. The van der Waals surface area contributed by atoms with Gasteiger partial charge in [0.25, 0.3) is 5.09 Å². The molecular weight excluding hydrogens is 338 g/mol. The lowest BCUT2D eigenvalue weighted by Crippen LogP contribution is -2.03. The Kier molecular flexibility index (Phi) is 7.17. The lowest BCUT2D eigenvalue weighted by atomic mass is 10.1. The third kappa shape index (κ3) is 7.04. The minimum Gasteiger partial charge on any atom is -0.508 e. The van der Waals surface area contributed by atoms with Gasteiger partial charge in [-0.05, 0) is 47.7 Å². The first-order valence-corrected chi connectivity index (χ1v) is 8.02. The van der Waals surface area contributed by atoms with Gasteiger partial charge in [-0.1, -0.05) is 36.4 Å². The number of hydrogen-bond donors (Lipinski definition) is 1. The van der Waals surface area contributed by atoms with Crippen LogP contribution in [0, 0.1) is 10.1 Å². The smallest absolute Gasteiger partial charge is 0.331 e. The van der Waals surface area contributed by atoms with Gasteiger partial charge in [0.05, 0.1) is 6.61 Å². The molecule has 0 amide bonds. The zero-order valence-electron chi connectivity index (χ0n) is 14.0. The molecule has 2 rings (SSSR count). The van der Waals surface area contributed by atoms with Crippen molar-refractivity contribution in [3.63, 3.8) is 0 Å². The quantitative estimate of drug-likeness (QED) is 0.243. The molecule has 7 nitrogen and oxygen atoms in total. The van der Waals surface area contributed by atoms with Crippen LogP contribution in [0.5, 0.6) is 5.75 Å². The average molecular weight is 357 g/mol. The van der Waals surface area contributed by atoms with Crippen LogP contribution in [0.15, 0.2) is 54.6 Å². The van der Waals surface area contributed by atoms with Gasteiger partial charge in [0.15, 0.2) is 0 Å². The van der Waals surface area contributed by atoms with E-state index in [9.17, 15) is 20.0 Å². The second kappa shape index (κ2) is 9.83. The standard InChI is InChI=1S/C19H19NO6/c21-18-10-7-16(8-11-18)9-12-19(22)25-14-17-5-3-15(4-6-17)2-1-13-26-20(23)24/h3-12,21H,1-2,13-14H2. The van der Waals surface area contributed by atoms with Crippen LogP contribution in [0.3, 0.4) is 0 Å². The molecule has 0 spiro atoms. The molecule has 0 aliphatic carbocycles. The number of phenolic OH excluding ortho intramolecular Hbond substituents is 1. The Balaban J connectivity index is 1.73. The highest BCUT2D eigenvalue weighted by Crippen LogP contribution is 2.11. The molecule has 0 bridgehead atoms. The summed E-state index contributed by atoms with van der Waals surface area (Å²) in [6.45, 7) is 0.225. The minimum atomic E-state index is -0.798. The normalized spacial score (nSPS) is 10.6. The Morgan fingerprint density at radius 2 is 1.73 bits per heavy atom. The number of hydrogen-bond acceptors (Lipinski definition) is 6. The summed E-state index contributed by atoms with van der Waals surface area (Å²) >= 11 is 0. The topological polar surface area (TPSA) is 98.9 Å². The predicted octanol–water partition coefficient (Wildman–Crippen LogP) is 3.29. The van der Waals surface area contributed by atoms with E-state index < -0.39 is 11.1 Å². The van der Waals surface area contributed by atoms with Crippen LogP contribution in [0.2, 0.25) is 0 Å². The van der Waals surface area contributed by atoms with E-state index in [-0.39, 0.29) is 19.0 Å². The highest BCUT2D eigenvalue weighted by Gasteiger charge is 2.01. The van der Waals surface area contributed by atoms with E-state index in [1.807, 2.05) is 24.3 Å². The summed E-state index contributed by atoms with van der Waals surface area (Å²) in [5.74, 6) is -0.294. The van der Waals surface area contributed by atoms with Gasteiger partial charge in [-0.15, -0.1) is 10.1 Å². The Labute approximate surface area is 150 Å². The number of aromatic hydroxyl groups is 1. The number of benzene rings is 2. The summed E-state index contributed by atoms with van der Waals surface area (Å²) in [5.41, 5.74) is 2.66. The molecule has 7 heteroatoms. The van der Waals surface area contributed by atoms with Crippen LogP contribution in [0.25, 0.3) is 6.08 Å². The number of nitrogens with zero attached hydrogens (tertiary/aromatic N) is 1. The van der Waals surface area contributed by atoms with Crippen LogP contribution < -0.4 is 0 Å². The van der Waals surface area contributed by atoms with Gasteiger partial charge < -0.3 is 14.7 Å². The minimum absolute atomic E-state index is 0.0692. The summed E-state index contributed by atoms with van der Waals surface area (Å²) in [6.07, 6.45) is 4.16. The first-order valence-electron chi connectivity index (χ1n) is 8.02. The van der Waals surface area contributed by atoms with Gasteiger partial charge in [-0.25, -0.2) is 4.79 Å². The first kappa shape index (κ1) is 19.0. The van der Waals surface area contributed by atoms with Gasteiger partial charge in [-0.3, -0.25) is 0 Å². The summed E-state index contributed by atoms with van der Waals surface area (Å²) in [6, 6.07) is 13.9. The highest BCUT2D eigenvalue weighted by atomic mass is 16.9. The molecular formula is C19H19NO6. The molecule has 2 aromatic carbocycles. The largest absolute Gasteiger partial charge is 0.508 e. The van der Waals surface area contributed by atoms with Gasteiger partial charge in [0, 0.05) is 6.08 Å². The number of aryl methyl sites for hydroxylation is 1. The molecule has 0 aliphatic heterocycles. The second-order valence-corrected chi connectivity index (χ2v) is 5.51. The molecule has 0 unspecified atom stereocenters. The van der Waals surface area contributed by atoms with Crippen molar-refractivity contribution in [1.82, 2.24) is 0 Å². The molecule has 136 valence electrons. The molecule has 1 N–H and O–H groups in total. The molecule has 0 heterocycles. The Morgan fingerprint density at radius 1 is 1.08 bits per heavy atom. The van der Waals surface area contributed by atoms with Crippen molar-refractivity contribution in [3.05, 3.63) is 81.4 Å². The van der Waals surface area contributed by atoms with Gasteiger partial charge >= 0.3 is 5.97 Å². The summed E-state index contributed by atoms with van der Waals surface area (Å²) in [4.78, 5) is 26.0. The average Bonchev–Trinajstić information content (AvgIpc) is 2.64. The number of ether oxygens (including phenoxy) is 1. The molecule has 0 saturated carbocycles. The highest BCUT2D eigenvalue weighted by molar-refractivity contribution is 5.87. The van der Waals surface area contributed by atoms with Crippen molar-refractivity contribution in [2.45, 2.75) is 19.4 Å². The Hall–Kier alpha value is -3.35. The zero-order chi connectivity index (χ0) is 18.8. The Morgan fingerprint density at radius 3 is 2.38 bits per heavy atom. The van der Waals surface area contributed by atoms with Gasteiger partial charge in [-0.2, -0.15) is 0 Å². The van der Waals surface area contributed by atoms with Crippen LogP contribution >= 0.6 is 0 Å². The fourth-order valence-corrected chi connectivity index (χ4v) is 2.17. The molecule has 26 heavy (non-hydrogen) atoms. The van der Waals surface area contributed by atoms with Crippen molar-refractivity contribution in [3.8, 4) is 5.75 Å². The fraction of sp³-hybridized carbons (Fsp3) is 0.211. The lowest BCUT2D eigenvalue weighted by molar-refractivity contribution is -0.757. The van der Waals surface area contributed by atoms with Gasteiger partial charge in [0.1, 0.15) is 12.4 Å². The predicted molar refractivity (Wildman–Crippen MR) is 94.6 cm³/mol. The molecule has 0 saturated heterocycles. The van der Waals surface area contributed by atoms with Crippen LogP contribution in [-0.4, -0.2) is 22.8 Å². The lowest BCUT2D eigenvalue weighted by Gasteiger charge is -2.05. The summed E-state index contributed by atoms with van der Waals surface area (Å²) in [5, 5.41) is 18.4. The number of phenols is 1. The molecule has 0 aromatic heterocycles. The molecule has 0 fully saturated rings. The van der Waals surface area contributed by atoms with Crippen molar-refractivity contribution in [2.75, 3.05) is 6.61 Å². The first-order chi connectivity index (χ1) is 12.5.